The highest BCUT2D eigenvalue weighted by molar-refractivity contribution is 5.63. The fourth-order valence-corrected chi connectivity index (χ4v) is 1.28. The van der Waals surface area contributed by atoms with Crippen LogP contribution in [0.2, 0.25) is 0 Å². The summed E-state index contributed by atoms with van der Waals surface area (Å²) in [6, 6.07) is 19.2. The third-order valence-electron chi connectivity index (χ3n) is 2.01. The summed E-state index contributed by atoms with van der Waals surface area (Å²) in [5, 5.41) is 0. The Morgan fingerprint density at radius 2 is 1.31 bits per heavy atom. The molecule has 0 aliphatic heterocycles. The summed E-state index contributed by atoms with van der Waals surface area (Å²) in [5.74, 6) is 0. The second-order valence-electron chi connectivity index (χ2n) is 2.99. The average molecular weight is 166 g/mol. The first-order chi connectivity index (χ1) is 6.36. The Labute approximate surface area is 78.9 Å². The van der Waals surface area contributed by atoms with Crippen molar-refractivity contribution in [2.24, 2.45) is 0 Å². The lowest BCUT2D eigenvalue weighted by molar-refractivity contribution is 1.57. The minimum atomic E-state index is 1.05. The molecule has 2 radical (unpaired) electrons. The molecule has 0 atom stereocenters. The van der Waals surface area contributed by atoms with Gasteiger partial charge in [-0.3, -0.25) is 0 Å². The monoisotopic (exact) mass is 166 g/mol. The molecule has 0 amide bonds. The maximum atomic E-state index is 3.85. The second-order valence-corrected chi connectivity index (χ2v) is 2.99. The highest BCUT2D eigenvalue weighted by Gasteiger charge is 1.93. The Balaban J connectivity index is 2.42. The molecule has 0 saturated heterocycles. The minimum Gasteiger partial charge on any atom is -0.0584 e. The van der Waals surface area contributed by atoms with Gasteiger partial charge >= 0.3 is 0 Å². The Hall–Kier alpha value is -1.56. The maximum absolute atomic E-state index is 3.85. The zero-order valence-electron chi connectivity index (χ0n) is 7.33. The highest BCUT2D eigenvalue weighted by atomic mass is 14.0. The van der Waals surface area contributed by atoms with E-state index in [1.807, 2.05) is 24.3 Å². The van der Waals surface area contributed by atoms with Crippen LogP contribution in [0.4, 0.5) is 0 Å². The summed E-state index contributed by atoms with van der Waals surface area (Å²) in [4.78, 5) is 0. The minimum absolute atomic E-state index is 1.05. The molecule has 0 N–H and O–H groups in total. The average Bonchev–Trinajstić information content (AvgIpc) is 2.20. The number of benzene rings is 2. The Kier molecular flexibility index (Phi) is 2.13. The van der Waals surface area contributed by atoms with Gasteiger partial charge in [0, 0.05) is 0 Å². The van der Waals surface area contributed by atoms with Crippen molar-refractivity contribution in [3.63, 3.8) is 0 Å². The van der Waals surface area contributed by atoms with Crippen LogP contribution in [0.5, 0.6) is 0 Å². The Morgan fingerprint density at radius 3 is 1.92 bits per heavy atom. The van der Waals surface area contributed by atoms with Crippen molar-refractivity contribution in [2.45, 2.75) is 0 Å². The van der Waals surface area contributed by atoms with Gasteiger partial charge < -0.3 is 0 Å². The van der Waals surface area contributed by atoms with Gasteiger partial charge in [0.05, 0.1) is 0 Å². The maximum Gasteiger partial charge on any atom is -0.0184 e. The van der Waals surface area contributed by atoms with Crippen molar-refractivity contribution < 1.29 is 0 Å². The van der Waals surface area contributed by atoms with Gasteiger partial charge in [0.2, 0.25) is 0 Å². The summed E-state index contributed by atoms with van der Waals surface area (Å²) < 4.78 is 0. The van der Waals surface area contributed by atoms with Crippen LogP contribution in [0, 0.1) is 13.0 Å². The van der Waals surface area contributed by atoms with E-state index in [-0.39, 0.29) is 0 Å². The van der Waals surface area contributed by atoms with Crippen LogP contribution in [-0.4, -0.2) is 0 Å². The molecule has 2 aromatic carbocycles. The van der Waals surface area contributed by atoms with Gasteiger partial charge in [0.15, 0.2) is 0 Å². The molecule has 0 aromatic heterocycles. The van der Waals surface area contributed by atoms with Crippen LogP contribution in [0.3, 0.4) is 0 Å². The number of hydrogen-bond donors (Lipinski definition) is 0. The van der Waals surface area contributed by atoms with Crippen molar-refractivity contribution in [3.8, 4) is 11.1 Å². The molecule has 2 aromatic rings. The smallest absolute Gasteiger partial charge is 0.0184 e. The standard InChI is InChI=1S/C13H10/c1-11-7-9-13(10-8-11)12-5-3-2-4-6-12/h3-10H,1H2. The zero-order chi connectivity index (χ0) is 9.10. The van der Waals surface area contributed by atoms with Crippen molar-refractivity contribution >= 4 is 0 Å². The molecule has 0 heterocycles. The number of rotatable bonds is 1. The van der Waals surface area contributed by atoms with Crippen molar-refractivity contribution in [1.82, 2.24) is 0 Å². The molecule has 0 nitrogen and oxygen atoms in total. The van der Waals surface area contributed by atoms with Gasteiger partial charge in [0.25, 0.3) is 0 Å². The molecular formula is C13H10. The highest BCUT2D eigenvalue weighted by Crippen LogP contribution is 2.18. The van der Waals surface area contributed by atoms with E-state index >= 15 is 0 Å². The zero-order valence-corrected chi connectivity index (χ0v) is 7.33. The first-order valence-electron chi connectivity index (χ1n) is 4.25. The van der Waals surface area contributed by atoms with Gasteiger partial charge in [0.1, 0.15) is 0 Å². The number of hydrogen-bond acceptors (Lipinski definition) is 0. The molecule has 62 valence electrons. The van der Waals surface area contributed by atoms with E-state index in [2.05, 4.69) is 37.3 Å². The van der Waals surface area contributed by atoms with E-state index in [9.17, 15) is 0 Å². The van der Waals surface area contributed by atoms with Gasteiger partial charge in [-0.25, -0.2) is 0 Å². The lowest BCUT2D eigenvalue weighted by Crippen LogP contribution is -1.76. The fraction of sp³-hybridized carbons (Fsp3) is 0. The van der Waals surface area contributed by atoms with E-state index in [1.54, 1.807) is 0 Å². The van der Waals surface area contributed by atoms with Crippen LogP contribution in [0.25, 0.3) is 11.1 Å². The van der Waals surface area contributed by atoms with Gasteiger partial charge in [-0.2, -0.15) is 0 Å². The van der Waals surface area contributed by atoms with E-state index in [4.69, 9.17) is 0 Å². The lowest BCUT2D eigenvalue weighted by Gasteiger charge is -2.00. The van der Waals surface area contributed by atoms with Gasteiger partial charge in [-0.05, 0) is 29.7 Å². The van der Waals surface area contributed by atoms with Crippen molar-refractivity contribution in [2.75, 3.05) is 0 Å². The third-order valence-corrected chi connectivity index (χ3v) is 2.01. The molecule has 0 aliphatic carbocycles. The molecule has 13 heavy (non-hydrogen) atoms. The fourth-order valence-electron chi connectivity index (χ4n) is 1.28. The summed E-state index contributed by atoms with van der Waals surface area (Å²) in [5.41, 5.74) is 3.49. The first kappa shape index (κ1) is 8.06. The van der Waals surface area contributed by atoms with E-state index in [0.29, 0.717) is 0 Å². The lowest BCUT2D eigenvalue weighted by atomic mass is 10.0. The molecule has 0 spiro atoms. The normalized spacial score (nSPS) is 9.92. The molecule has 2 rings (SSSR count). The molecular weight excluding hydrogens is 156 g/mol. The molecule has 0 fully saturated rings. The van der Waals surface area contributed by atoms with E-state index < -0.39 is 0 Å². The van der Waals surface area contributed by atoms with E-state index in [1.165, 1.54) is 11.1 Å². The van der Waals surface area contributed by atoms with Crippen LogP contribution >= 0.6 is 0 Å². The van der Waals surface area contributed by atoms with Crippen LogP contribution in [0.15, 0.2) is 48.5 Å². The van der Waals surface area contributed by atoms with Gasteiger partial charge in [-0.15, -0.1) is 0 Å². The first-order valence-corrected chi connectivity index (χ1v) is 4.25. The summed E-state index contributed by atoms with van der Waals surface area (Å²) in [6.07, 6.45) is 0. The largest absolute Gasteiger partial charge is 0.0584 e. The quantitative estimate of drug-likeness (QED) is 0.609. The van der Waals surface area contributed by atoms with Crippen LogP contribution in [-0.2, 0) is 0 Å². The molecule has 0 heteroatoms. The second kappa shape index (κ2) is 3.44. The molecule has 0 bridgehead atoms. The van der Waals surface area contributed by atoms with Crippen molar-refractivity contribution in [1.29, 1.82) is 0 Å². The van der Waals surface area contributed by atoms with Gasteiger partial charge in [-0.1, -0.05) is 48.5 Å². The Morgan fingerprint density at radius 1 is 0.769 bits per heavy atom. The summed E-state index contributed by atoms with van der Waals surface area (Å²) in [6.45, 7) is 3.85. The molecule has 0 unspecified atom stereocenters. The Bertz CT molecular complexity index is 371. The van der Waals surface area contributed by atoms with E-state index in [0.717, 1.165) is 5.56 Å². The third kappa shape index (κ3) is 1.78. The van der Waals surface area contributed by atoms with Crippen molar-refractivity contribution in [3.05, 3.63) is 67.1 Å². The topological polar surface area (TPSA) is 0 Å². The van der Waals surface area contributed by atoms with Crippen LogP contribution < -0.4 is 0 Å². The predicted molar refractivity (Wildman–Crippen MR) is 55.2 cm³/mol. The summed E-state index contributed by atoms with van der Waals surface area (Å²) >= 11 is 0. The molecule has 0 saturated carbocycles. The SMILES string of the molecule is [CH2]c1ccc(-c2cc[c]cc2)cc1. The summed E-state index contributed by atoms with van der Waals surface area (Å²) in [7, 11) is 0. The van der Waals surface area contributed by atoms with Crippen LogP contribution in [0.1, 0.15) is 5.56 Å². The molecule has 0 aliphatic rings. The predicted octanol–water partition coefficient (Wildman–Crippen LogP) is 3.34.